The summed E-state index contributed by atoms with van der Waals surface area (Å²) < 4.78 is 16.8. The van der Waals surface area contributed by atoms with Crippen LogP contribution >= 0.6 is 0 Å². The van der Waals surface area contributed by atoms with Crippen molar-refractivity contribution < 1.29 is 28.6 Å². The first-order valence-corrected chi connectivity index (χ1v) is 26.1. The van der Waals surface area contributed by atoms with Crippen molar-refractivity contribution in [3.8, 4) is 0 Å². The zero-order chi connectivity index (χ0) is 45.8. The summed E-state index contributed by atoms with van der Waals surface area (Å²) in [6.45, 7) is 6.43. The molecule has 0 N–H and O–H groups in total. The van der Waals surface area contributed by atoms with Crippen molar-refractivity contribution in [3.63, 3.8) is 0 Å². The van der Waals surface area contributed by atoms with Gasteiger partial charge in [-0.15, -0.1) is 0 Å². The van der Waals surface area contributed by atoms with E-state index in [0.29, 0.717) is 12.8 Å². The Labute approximate surface area is 388 Å². The minimum absolute atomic E-state index is 0.0977. The second-order valence-corrected chi connectivity index (χ2v) is 17.0. The van der Waals surface area contributed by atoms with Crippen molar-refractivity contribution in [2.24, 2.45) is 0 Å². The zero-order valence-electron chi connectivity index (χ0n) is 41.1. The van der Waals surface area contributed by atoms with Crippen molar-refractivity contribution in [1.82, 2.24) is 0 Å². The number of ether oxygens (including phenoxy) is 3. The minimum Gasteiger partial charge on any atom is -0.462 e. The molecule has 0 spiro atoms. The fourth-order valence-electron chi connectivity index (χ4n) is 6.93. The van der Waals surface area contributed by atoms with Gasteiger partial charge in [-0.25, -0.2) is 0 Å². The van der Waals surface area contributed by atoms with Gasteiger partial charge in [0.2, 0.25) is 0 Å². The van der Waals surface area contributed by atoms with Crippen molar-refractivity contribution >= 4 is 17.9 Å². The molecular formula is C57H96O6. The van der Waals surface area contributed by atoms with Crippen molar-refractivity contribution in [2.75, 3.05) is 13.2 Å². The van der Waals surface area contributed by atoms with Crippen LogP contribution < -0.4 is 0 Å². The number of rotatable bonds is 46. The van der Waals surface area contributed by atoms with E-state index in [1.54, 1.807) is 0 Å². The van der Waals surface area contributed by atoms with Crippen LogP contribution in [0.4, 0.5) is 0 Å². The highest BCUT2D eigenvalue weighted by molar-refractivity contribution is 5.71. The van der Waals surface area contributed by atoms with Gasteiger partial charge in [0.15, 0.2) is 6.10 Å². The lowest BCUT2D eigenvalue weighted by molar-refractivity contribution is -0.167. The Kier molecular flexibility index (Phi) is 48.5. The summed E-state index contributed by atoms with van der Waals surface area (Å²) in [5, 5.41) is 0. The van der Waals surface area contributed by atoms with Gasteiger partial charge < -0.3 is 14.2 Å². The number of hydrogen-bond acceptors (Lipinski definition) is 6. The van der Waals surface area contributed by atoms with Crippen LogP contribution in [0, 0.1) is 0 Å². The average molecular weight is 877 g/mol. The van der Waals surface area contributed by atoms with Crippen molar-refractivity contribution in [1.29, 1.82) is 0 Å². The number of hydrogen-bond donors (Lipinski definition) is 0. The number of esters is 3. The van der Waals surface area contributed by atoms with Gasteiger partial charge in [-0.3, -0.25) is 14.4 Å². The Morgan fingerprint density at radius 3 is 1.03 bits per heavy atom. The van der Waals surface area contributed by atoms with E-state index in [0.717, 1.165) is 109 Å². The third-order valence-corrected chi connectivity index (χ3v) is 10.9. The molecule has 0 saturated carbocycles. The number of carbonyl (C=O) groups is 3. The summed E-state index contributed by atoms with van der Waals surface area (Å²) in [7, 11) is 0. The van der Waals surface area contributed by atoms with E-state index >= 15 is 0 Å². The van der Waals surface area contributed by atoms with E-state index in [1.807, 2.05) is 0 Å². The Hall–Kier alpha value is -3.41. The van der Waals surface area contributed by atoms with E-state index in [9.17, 15) is 14.4 Å². The smallest absolute Gasteiger partial charge is 0.306 e. The summed E-state index contributed by atoms with van der Waals surface area (Å²) in [5.41, 5.74) is 0. The molecule has 0 aromatic rings. The quantitative estimate of drug-likeness (QED) is 0.0262. The van der Waals surface area contributed by atoms with Crippen LogP contribution in [0.2, 0.25) is 0 Å². The SMILES string of the molecule is CC/C=C\C/C=C\C/C=C\CCCCCC(=O)OC(COC(=O)CCCCCCC/C=C\CCCCCC)COC(=O)CCCCCCCC/C=C\C/C=C\C/C=C\CCCCC. The Balaban J connectivity index is 4.43. The van der Waals surface area contributed by atoms with Crippen LogP contribution in [-0.2, 0) is 28.6 Å². The van der Waals surface area contributed by atoms with Gasteiger partial charge in [-0.1, -0.05) is 189 Å². The summed E-state index contributed by atoms with van der Waals surface area (Å²) in [6.07, 6.45) is 65.6. The van der Waals surface area contributed by atoms with Crippen molar-refractivity contribution in [3.05, 3.63) is 85.1 Å². The first-order valence-electron chi connectivity index (χ1n) is 26.1. The van der Waals surface area contributed by atoms with Gasteiger partial charge in [0.1, 0.15) is 13.2 Å². The van der Waals surface area contributed by atoms with E-state index < -0.39 is 6.10 Å². The molecule has 1 unspecified atom stereocenters. The molecule has 0 aliphatic carbocycles. The van der Waals surface area contributed by atoms with Crippen LogP contribution in [0.3, 0.4) is 0 Å². The molecule has 0 rings (SSSR count). The van der Waals surface area contributed by atoms with Crippen LogP contribution in [0.25, 0.3) is 0 Å². The zero-order valence-corrected chi connectivity index (χ0v) is 41.1. The molecule has 0 aromatic heterocycles. The maximum absolute atomic E-state index is 12.8. The van der Waals surface area contributed by atoms with Gasteiger partial charge in [0, 0.05) is 19.3 Å². The van der Waals surface area contributed by atoms with Gasteiger partial charge in [-0.2, -0.15) is 0 Å². The molecule has 0 heterocycles. The molecule has 0 aromatic carbocycles. The largest absolute Gasteiger partial charge is 0.462 e. The first kappa shape index (κ1) is 59.6. The topological polar surface area (TPSA) is 78.9 Å². The lowest BCUT2D eigenvalue weighted by Gasteiger charge is -2.18. The van der Waals surface area contributed by atoms with Crippen LogP contribution in [0.15, 0.2) is 85.1 Å². The predicted molar refractivity (Wildman–Crippen MR) is 270 cm³/mol. The summed E-state index contributed by atoms with van der Waals surface area (Å²) >= 11 is 0. The maximum Gasteiger partial charge on any atom is 0.306 e. The van der Waals surface area contributed by atoms with E-state index in [1.165, 1.54) is 89.9 Å². The lowest BCUT2D eigenvalue weighted by Crippen LogP contribution is -2.30. The highest BCUT2D eigenvalue weighted by Gasteiger charge is 2.19. The molecular weight excluding hydrogens is 781 g/mol. The maximum atomic E-state index is 12.8. The highest BCUT2D eigenvalue weighted by atomic mass is 16.6. The van der Waals surface area contributed by atoms with Crippen LogP contribution in [0.1, 0.15) is 239 Å². The van der Waals surface area contributed by atoms with Crippen LogP contribution in [0.5, 0.6) is 0 Å². The molecule has 1 atom stereocenters. The van der Waals surface area contributed by atoms with Gasteiger partial charge in [0.25, 0.3) is 0 Å². The normalized spacial score (nSPS) is 12.7. The molecule has 0 aliphatic rings. The molecule has 63 heavy (non-hydrogen) atoms. The first-order chi connectivity index (χ1) is 31.0. The lowest BCUT2D eigenvalue weighted by atomic mass is 10.1. The number of unbranched alkanes of at least 4 members (excludes halogenated alkanes) is 21. The molecule has 0 fully saturated rings. The molecule has 0 aliphatic heterocycles. The molecule has 0 radical (unpaired) electrons. The standard InChI is InChI=1S/C57H96O6/c1-4-7-10-13-16-19-22-25-26-27-28-29-30-33-35-38-41-44-47-50-56(59)62-53-54(63-57(60)51-48-45-42-39-36-32-24-21-18-15-12-9-6-3)52-61-55(58)49-46-43-40-37-34-31-23-20-17-14-11-8-5-2/h9,12,16,18-21,23,25-26,28-29,32,36,54H,4-8,10-11,13-15,17,22,24,27,30-31,33-35,37-53H2,1-3H3/b12-9-,19-16-,21-18-,23-20-,26-25-,29-28-,36-32-. The van der Waals surface area contributed by atoms with Gasteiger partial charge in [-0.05, 0) is 116 Å². The molecule has 0 bridgehead atoms. The van der Waals surface area contributed by atoms with Gasteiger partial charge in [0.05, 0.1) is 0 Å². The second kappa shape index (κ2) is 51.2. The highest BCUT2D eigenvalue weighted by Crippen LogP contribution is 2.13. The average Bonchev–Trinajstić information content (AvgIpc) is 3.28. The molecule has 360 valence electrons. The Morgan fingerprint density at radius 1 is 0.333 bits per heavy atom. The minimum atomic E-state index is -0.800. The summed E-state index contributed by atoms with van der Waals surface area (Å²) in [6, 6.07) is 0. The third-order valence-electron chi connectivity index (χ3n) is 10.9. The fraction of sp³-hybridized carbons (Fsp3) is 0.702. The van der Waals surface area contributed by atoms with E-state index in [2.05, 4.69) is 106 Å². The number of carbonyl (C=O) groups excluding carboxylic acids is 3. The third kappa shape index (κ3) is 49.5. The monoisotopic (exact) mass is 877 g/mol. The van der Waals surface area contributed by atoms with Crippen molar-refractivity contribution in [2.45, 2.75) is 245 Å². The summed E-state index contributed by atoms with van der Waals surface area (Å²) in [4.78, 5) is 38.0. The number of allylic oxidation sites excluding steroid dienone is 14. The molecule has 0 amide bonds. The summed E-state index contributed by atoms with van der Waals surface area (Å²) in [5.74, 6) is -0.950. The molecule has 0 saturated heterocycles. The second-order valence-electron chi connectivity index (χ2n) is 17.0. The van der Waals surface area contributed by atoms with E-state index in [4.69, 9.17) is 14.2 Å². The molecule has 6 heteroatoms. The Bertz CT molecular complexity index is 1240. The molecule has 6 nitrogen and oxygen atoms in total. The fourth-order valence-corrected chi connectivity index (χ4v) is 6.93. The van der Waals surface area contributed by atoms with Crippen LogP contribution in [-0.4, -0.2) is 37.2 Å². The van der Waals surface area contributed by atoms with Gasteiger partial charge >= 0.3 is 17.9 Å². The Morgan fingerprint density at radius 2 is 0.619 bits per heavy atom. The van der Waals surface area contributed by atoms with E-state index in [-0.39, 0.29) is 37.5 Å². The predicted octanol–water partition coefficient (Wildman–Crippen LogP) is 17.2.